The number of benzene rings is 1. The molecule has 0 unspecified atom stereocenters. The van der Waals surface area contributed by atoms with E-state index in [0.717, 1.165) is 45.6 Å². The van der Waals surface area contributed by atoms with Gasteiger partial charge in [0.05, 0.1) is 12.6 Å². The molecular weight excluding hydrogens is 336 g/mol. The molecule has 5 heteroatoms. The van der Waals surface area contributed by atoms with Gasteiger partial charge in [0, 0.05) is 32.7 Å². The molecule has 1 saturated carbocycles. The second kappa shape index (κ2) is 8.41. The summed E-state index contributed by atoms with van der Waals surface area (Å²) in [5, 5.41) is 12.4. The van der Waals surface area contributed by atoms with Crippen LogP contribution in [-0.4, -0.2) is 54.0 Å². The number of hydrogen-bond donors (Lipinski definition) is 1. The molecule has 0 spiro atoms. The zero-order valence-corrected chi connectivity index (χ0v) is 16.9. The van der Waals surface area contributed by atoms with Crippen LogP contribution in [0.4, 0.5) is 0 Å². The Kier molecular flexibility index (Phi) is 6.18. The molecule has 2 aliphatic rings. The highest BCUT2D eigenvalue weighted by molar-refractivity contribution is 5.79. The minimum atomic E-state index is -0.693. The smallest absolute Gasteiger partial charge is 0.235 e. The van der Waals surface area contributed by atoms with E-state index in [0.29, 0.717) is 18.4 Å². The molecule has 1 saturated heterocycles. The minimum Gasteiger partial charge on any atom is -0.337 e. The van der Waals surface area contributed by atoms with Crippen molar-refractivity contribution in [3.63, 3.8) is 0 Å². The van der Waals surface area contributed by atoms with Crippen molar-refractivity contribution in [2.75, 3.05) is 32.7 Å². The van der Waals surface area contributed by atoms with Gasteiger partial charge in [-0.2, -0.15) is 5.26 Å². The lowest BCUT2D eigenvalue weighted by atomic mass is 9.98. The van der Waals surface area contributed by atoms with Gasteiger partial charge in [-0.25, -0.2) is 0 Å². The average molecular weight is 369 g/mol. The standard InChI is InChI=1S/C22H32N4O/c1-17(2)19-6-4-18(5-7-19)14-25-10-12-26(13-11-25)15-21(27)24-22(3,16-23)20-8-9-20/h4-7,17,20H,8-15H2,1-3H3,(H,24,27)/t22-/m1/s1. The highest BCUT2D eigenvalue weighted by Gasteiger charge is 2.43. The third kappa shape index (κ3) is 5.31. The SMILES string of the molecule is CC(C)c1ccc(CN2CCN(CC(=O)N[C@](C)(C#N)C3CC3)CC2)cc1. The molecule has 146 valence electrons. The molecule has 1 aromatic carbocycles. The van der Waals surface area contributed by atoms with E-state index in [4.69, 9.17) is 0 Å². The maximum Gasteiger partial charge on any atom is 0.235 e. The van der Waals surface area contributed by atoms with E-state index < -0.39 is 5.54 Å². The molecule has 1 N–H and O–H groups in total. The third-order valence-corrected chi connectivity index (χ3v) is 5.91. The molecule has 5 nitrogen and oxygen atoms in total. The number of carbonyl (C=O) groups excluding carboxylic acids is 1. The van der Waals surface area contributed by atoms with Crippen molar-refractivity contribution in [2.45, 2.75) is 51.6 Å². The molecule has 27 heavy (non-hydrogen) atoms. The summed E-state index contributed by atoms with van der Waals surface area (Å²) < 4.78 is 0. The van der Waals surface area contributed by atoms with E-state index in [1.54, 1.807) is 0 Å². The molecule has 1 amide bonds. The van der Waals surface area contributed by atoms with Crippen LogP contribution < -0.4 is 5.32 Å². The molecule has 0 bridgehead atoms. The van der Waals surface area contributed by atoms with Gasteiger partial charge >= 0.3 is 0 Å². The molecule has 0 radical (unpaired) electrons. The topological polar surface area (TPSA) is 59.4 Å². The number of carbonyl (C=O) groups is 1. The number of rotatable bonds is 7. The highest BCUT2D eigenvalue weighted by atomic mass is 16.2. The van der Waals surface area contributed by atoms with Crippen LogP contribution in [0.5, 0.6) is 0 Å². The maximum atomic E-state index is 12.4. The van der Waals surface area contributed by atoms with Crippen LogP contribution in [-0.2, 0) is 11.3 Å². The summed E-state index contributed by atoms with van der Waals surface area (Å²) >= 11 is 0. The second-order valence-corrected chi connectivity index (χ2v) is 8.59. The van der Waals surface area contributed by atoms with Gasteiger partial charge in [0.15, 0.2) is 0 Å². The Morgan fingerprint density at radius 3 is 2.30 bits per heavy atom. The quantitative estimate of drug-likeness (QED) is 0.804. The van der Waals surface area contributed by atoms with Crippen LogP contribution in [0.3, 0.4) is 0 Å². The molecule has 1 heterocycles. The highest BCUT2D eigenvalue weighted by Crippen LogP contribution is 2.39. The van der Waals surface area contributed by atoms with E-state index in [1.165, 1.54) is 11.1 Å². The van der Waals surface area contributed by atoms with Gasteiger partial charge in [-0.05, 0) is 42.7 Å². The van der Waals surface area contributed by atoms with Crippen LogP contribution in [0, 0.1) is 17.2 Å². The lowest BCUT2D eigenvalue weighted by Crippen LogP contribution is -2.53. The van der Waals surface area contributed by atoms with Crippen LogP contribution >= 0.6 is 0 Å². The van der Waals surface area contributed by atoms with Crippen molar-refractivity contribution >= 4 is 5.91 Å². The monoisotopic (exact) mass is 368 g/mol. The first-order valence-electron chi connectivity index (χ1n) is 10.2. The van der Waals surface area contributed by atoms with Crippen LogP contribution in [0.2, 0.25) is 0 Å². The number of amides is 1. The fraction of sp³-hybridized carbons (Fsp3) is 0.636. The first-order chi connectivity index (χ1) is 12.9. The van der Waals surface area contributed by atoms with Crippen molar-refractivity contribution in [3.05, 3.63) is 35.4 Å². The summed E-state index contributed by atoms with van der Waals surface area (Å²) in [7, 11) is 0. The predicted molar refractivity (Wildman–Crippen MR) is 107 cm³/mol. The van der Waals surface area contributed by atoms with Crippen molar-refractivity contribution in [1.82, 2.24) is 15.1 Å². The van der Waals surface area contributed by atoms with Crippen molar-refractivity contribution in [2.24, 2.45) is 5.92 Å². The van der Waals surface area contributed by atoms with Gasteiger partial charge in [0.25, 0.3) is 0 Å². The Bertz CT molecular complexity index is 681. The Hall–Kier alpha value is -1.90. The van der Waals surface area contributed by atoms with Gasteiger partial charge < -0.3 is 5.32 Å². The second-order valence-electron chi connectivity index (χ2n) is 8.59. The predicted octanol–water partition coefficient (Wildman–Crippen LogP) is 2.74. The minimum absolute atomic E-state index is 0.0244. The molecule has 3 rings (SSSR count). The van der Waals surface area contributed by atoms with Gasteiger partial charge in [-0.15, -0.1) is 0 Å². The van der Waals surface area contributed by atoms with Gasteiger partial charge in [-0.1, -0.05) is 38.1 Å². The summed E-state index contributed by atoms with van der Waals surface area (Å²) in [6.07, 6.45) is 2.09. The third-order valence-electron chi connectivity index (χ3n) is 5.91. The van der Waals surface area contributed by atoms with E-state index in [1.807, 2.05) is 6.92 Å². The molecule has 1 aromatic rings. The largest absolute Gasteiger partial charge is 0.337 e. The van der Waals surface area contributed by atoms with Gasteiger partial charge in [0.2, 0.25) is 5.91 Å². The normalized spacial score (nSPS) is 20.9. The summed E-state index contributed by atoms with van der Waals surface area (Å²) in [4.78, 5) is 17.0. The fourth-order valence-electron chi connectivity index (χ4n) is 3.79. The first kappa shape index (κ1) is 19.9. The number of nitrogens with one attached hydrogen (secondary N) is 1. The number of piperazine rings is 1. The summed E-state index contributed by atoms with van der Waals surface area (Å²) in [6, 6.07) is 11.2. The van der Waals surface area contributed by atoms with Crippen molar-refractivity contribution in [3.8, 4) is 6.07 Å². The first-order valence-corrected chi connectivity index (χ1v) is 10.2. The number of nitrogens with zero attached hydrogens (tertiary/aromatic N) is 3. The van der Waals surface area contributed by atoms with Crippen LogP contribution in [0.1, 0.15) is 50.7 Å². The lowest BCUT2D eigenvalue weighted by Gasteiger charge is -2.35. The van der Waals surface area contributed by atoms with E-state index in [2.05, 4.69) is 59.3 Å². The molecule has 1 atom stereocenters. The molecule has 2 fully saturated rings. The summed E-state index contributed by atoms with van der Waals surface area (Å²) in [5.74, 6) is 0.866. The molecular formula is C22H32N4O. The Labute approximate surface area is 163 Å². The van der Waals surface area contributed by atoms with E-state index in [9.17, 15) is 10.1 Å². The molecule has 1 aliphatic carbocycles. The Morgan fingerprint density at radius 1 is 1.19 bits per heavy atom. The van der Waals surface area contributed by atoms with Crippen LogP contribution in [0.25, 0.3) is 0 Å². The number of hydrogen-bond acceptors (Lipinski definition) is 4. The number of nitriles is 1. The average Bonchev–Trinajstić information content (AvgIpc) is 3.49. The Balaban J connectivity index is 1.42. The summed E-state index contributed by atoms with van der Waals surface area (Å²) in [6.45, 7) is 11.4. The van der Waals surface area contributed by atoms with Crippen LogP contribution in [0.15, 0.2) is 24.3 Å². The lowest BCUT2D eigenvalue weighted by molar-refractivity contribution is -0.124. The molecule has 1 aliphatic heterocycles. The zero-order chi connectivity index (χ0) is 19.4. The fourth-order valence-corrected chi connectivity index (χ4v) is 3.79. The van der Waals surface area contributed by atoms with Crippen molar-refractivity contribution in [1.29, 1.82) is 5.26 Å². The Morgan fingerprint density at radius 2 is 1.78 bits per heavy atom. The zero-order valence-electron chi connectivity index (χ0n) is 16.9. The maximum absolute atomic E-state index is 12.4. The van der Waals surface area contributed by atoms with E-state index >= 15 is 0 Å². The van der Waals surface area contributed by atoms with Crippen molar-refractivity contribution < 1.29 is 4.79 Å². The van der Waals surface area contributed by atoms with Gasteiger partial charge in [-0.3, -0.25) is 14.6 Å². The van der Waals surface area contributed by atoms with Gasteiger partial charge in [0.1, 0.15) is 5.54 Å². The van der Waals surface area contributed by atoms with E-state index in [-0.39, 0.29) is 5.91 Å². The summed E-state index contributed by atoms with van der Waals surface area (Å²) in [5.41, 5.74) is 2.03. The molecule has 0 aromatic heterocycles.